The molecule has 0 saturated carbocycles. The normalized spacial score (nSPS) is 11.6. The number of fused-ring (bicyclic) bond motifs is 1. The molecule has 2 heterocycles. The van der Waals surface area contributed by atoms with E-state index in [0.717, 1.165) is 21.4 Å². The van der Waals surface area contributed by atoms with Crippen LogP contribution in [0.15, 0.2) is 67.0 Å². The summed E-state index contributed by atoms with van der Waals surface area (Å²) in [6, 6.07) is 16.5. The molecule has 4 rings (SSSR count). The largest absolute Gasteiger partial charge is 0.406 e. The van der Waals surface area contributed by atoms with Crippen LogP contribution < -0.4 is 0 Å². The Balaban J connectivity index is 1.66. The van der Waals surface area contributed by atoms with Crippen LogP contribution in [-0.4, -0.2) is 45.0 Å². The molecule has 0 bridgehead atoms. The topological polar surface area (TPSA) is 61.9 Å². The second-order valence-corrected chi connectivity index (χ2v) is 7.50. The Bertz CT molecular complexity index is 1230. The summed E-state index contributed by atoms with van der Waals surface area (Å²) in [5, 5.41) is 0.926. The first-order chi connectivity index (χ1) is 15.3. The standard InChI is InChI=1S/C24H21F3N4O/c1-16-28-14-20(22(30-16)17-7-3-2-4-8-17)23(32)31(15-24(25,26)27)12-11-18-13-29-21-10-6-5-9-19(18)21/h2-10,13-14,29H,11-12,15H2,1H3. The van der Waals surface area contributed by atoms with Crippen molar-refractivity contribution in [1.29, 1.82) is 0 Å². The summed E-state index contributed by atoms with van der Waals surface area (Å²) in [5.74, 6) is -0.317. The number of carbonyl (C=O) groups excluding carboxylic acids is 1. The summed E-state index contributed by atoms with van der Waals surface area (Å²) in [5.41, 5.74) is 2.76. The lowest BCUT2D eigenvalue weighted by Gasteiger charge is -2.25. The number of rotatable bonds is 6. The molecule has 5 nitrogen and oxygen atoms in total. The number of para-hydroxylation sites is 1. The zero-order valence-corrected chi connectivity index (χ0v) is 17.4. The fourth-order valence-electron chi connectivity index (χ4n) is 3.68. The van der Waals surface area contributed by atoms with Gasteiger partial charge in [0.15, 0.2) is 0 Å². The lowest BCUT2D eigenvalue weighted by Crippen LogP contribution is -2.40. The Hall–Kier alpha value is -3.68. The van der Waals surface area contributed by atoms with Gasteiger partial charge in [0.25, 0.3) is 5.91 Å². The van der Waals surface area contributed by atoms with Crippen LogP contribution in [0.5, 0.6) is 0 Å². The van der Waals surface area contributed by atoms with E-state index >= 15 is 0 Å². The first kappa shape index (κ1) is 21.5. The van der Waals surface area contributed by atoms with Gasteiger partial charge in [0.2, 0.25) is 0 Å². The van der Waals surface area contributed by atoms with Gasteiger partial charge in [-0.2, -0.15) is 13.2 Å². The van der Waals surface area contributed by atoms with Crippen molar-refractivity contribution < 1.29 is 18.0 Å². The maximum absolute atomic E-state index is 13.4. The summed E-state index contributed by atoms with van der Waals surface area (Å²) in [7, 11) is 0. The summed E-state index contributed by atoms with van der Waals surface area (Å²) in [6.45, 7) is 0.226. The van der Waals surface area contributed by atoms with Gasteiger partial charge in [0.1, 0.15) is 12.4 Å². The van der Waals surface area contributed by atoms with E-state index in [1.54, 1.807) is 37.4 Å². The van der Waals surface area contributed by atoms with E-state index in [0.29, 0.717) is 17.1 Å². The summed E-state index contributed by atoms with van der Waals surface area (Å²) in [4.78, 5) is 25.6. The number of amides is 1. The number of halogens is 3. The van der Waals surface area contributed by atoms with E-state index in [4.69, 9.17) is 0 Å². The predicted octanol–water partition coefficient (Wildman–Crippen LogP) is 5.18. The van der Waals surface area contributed by atoms with E-state index in [9.17, 15) is 18.0 Å². The average Bonchev–Trinajstić information content (AvgIpc) is 3.19. The number of aryl methyl sites for hydroxylation is 1. The van der Waals surface area contributed by atoms with Crippen LogP contribution in [0.3, 0.4) is 0 Å². The number of benzene rings is 2. The van der Waals surface area contributed by atoms with Crippen molar-refractivity contribution in [2.45, 2.75) is 19.5 Å². The van der Waals surface area contributed by atoms with Gasteiger partial charge in [-0.1, -0.05) is 48.5 Å². The quantitative estimate of drug-likeness (QED) is 0.451. The van der Waals surface area contributed by atoms with Crippen LogP contribution in [0, 0.1) is 6.92 Å². The number of alkyl halides is 3. The Kier molecular flexibility index (Phi) is 5.94. The number of nitrogens with zero attached hydrogens (tertiary/aromatic N) is 3. The monoisotopic (exact) mass is 438 g/mol. The van der Waals surface area contributed by atoms with Crippen molar-refractivity contribution in [1.82, 2.24) is 19.9 Å². The molecule has 0 radical (unpaired) electrons. The minimum atomic E-state index is -4.53. The highest BCUT2D eigenvalue weighted by Gasteiger charge is 2.34. The number of carbonyl (C=O) groups is 1. The van der Waals surface area contributed by atoms with Gasteiger partial charge in [0, 0.05) is 35.4 Å². The third-order valence-electron chi connectivity index (χ3n) is 5.17. The molecule has 2 aromatic heterocycles. The third kappa shape index (κ3) is 4.80. The van der Waals surface area contributed by atoms with Crippen molar-refractivity contribution in [3.05, 3.63) is 83.9 Å². The molecule has 0 fully saturated rings. The lowest BCUT2D eigenvalue weighted by atomic mass is 10.1. The molecule has 1 amide bonds. The van der Waals surface area contributed by atoms with Crippen molar-refractivity contribution >= 4 is 16.8 Å². The average molecular weight is 438 g/mol. The predicted molar refractivity (Wildman–Crippen MR) is 116 cm³/mol. The highest BCUT2D eigenvalue weighted by molar-refractivity contribution is 5.99. The Morgan fingerprint density at radius 2 is 1.78 bits per heavy atom. The van der Waals surface area contributed by atoms with Crippen LogP contribution in [-0.2, 0) is 6.42 Å². The van der Waals surface area contributed by atoms with E-state index in [2.05, 4.69) is 15.0 Å². The minimum Gasteiger partial charge on any atom is -0.361 e. The molecule has 164 valence electrons. The van der Waals surface area contributed by atoms with Gasteiger partial charge in [-0.25, -0.2) is 9.97 Å². The summed E-state index contributed by atoms with van der Waals surface area (Å²) in [6.07, 6.45) is -1.18. The number of aromatic amines is 1. The molecule has 0 saturated heterocycles. The molecule has 8 heteroatoms. The highest BCUT2D eigenvalue weighted by atomic mass is 19.4. The van der Waals surface area contributed by atoms with Gasteiger partial charge >= 0.3 is 6.18 Å². The van der Waals surface area contributed by atoms with Gasteiger partial charge in [-0.05, 0) is 25.0 Å². The van der Waals surface area contributed by atoms with Crippen LogP contribution in [0.1, 0.15) is 21.7 Å². The third-order valence-corrected chi connectivity index (χ3v) is 5.17. The van der Waals surface area contributed by atoms with Crippen molar-refractivity contribution in [2.24, 2.45) is 0 Å². The minimum absolute atomic E-state index is 0.0463. The second kappa shape index (κ2) is 8.82. The summed E-state index contributed by atoms with van der Waals surface area (Å²) >= 11 is 0. The van der Waals surface area contributed by atoms with E-state index < -0.39 is 18.6 Å². The Morgan fingerprint density at radius 3 is 2.53 bits per heavy atom. The zero-order valence-electron chi connectivity index (χ0n) is 17.4. The Morgan fingerprint density at radius 1 is 1.06 bits per heavy atom. The number of H-pyrrole nitrogens is 1. The molecular formula is C24H21F3N4O. The van der Waals surface area contributed by atoms with Gasteiger partial charge in [0.05, 0.1) is 11.3 Å². The number of hydrogen-bond donors (Lipinski definition) is 1. The molecule has 0 atom stereocenters. The lowest BCUT2D eigenvalue weighted by molar-refractivity contribution is -0.140. The molecule has 4 aromatic rings. The molecule has 0 aliphatic heterocycles. The smallest absolute Gasteiger partial charge is 0.361 e. The molecular weight excluding hydrogens is 417 g/mol. The van der Waals surface area contributed by atoms with E-state index in [1.807, 2.05) is 30.3 Å². The molecule has 2 aromatic carbocycles. The number of aromatic nitrogens is 3. The van der Waals surface area contributed by atoms with Crippen molar-refractivity contribution in [3.63, 3.8) is 0 Å². The molecule has 0 aliphatic carbocycles. The van der Waals surface area contributed by atoms with Crippen LogP contribution in [0.4, 0.5) is 13.2 Å². The maximum Gasteiger partial charge on any atom is 0.406 e. The van der Waals surface area contributed by atoms with Crippen LogP contribution in [0.25, 0.3) is 22.2 Å². The summed E-state index contributed by atoms with van der Waals surface area (Å²) < 4.78 is 40.1. The molecule has 1 N–H and O–H groups in total. The fourth-order valence-corrected chi connectivity index (χ4v) is 3.68. The molecule has 32 heavy (non-hydrogen) atoms. The van der Waals surface area contributed by atoms with Crippen LogP contribution in [0.2, 0.25) is 0 Å². The molecule has 0 spiro atoms. The highest BCUT2D eigenvalue weighted by Crippen LogP contribution is 2.25. The van der Waals surface area contributed by atoms with Crippen LogP contribution >= 0.6 is 0 Å². The first-order valence-electron chi connectivity index (χ1n) is 10.1. The maximum atomic E-state index is 13.4. The number of nitrogens with one attached hydrogen (secondary N) is 1. The van der Waals surface area contributed by atoms with Gasteiger partial charge in [-0.15, -0.1) is 0 Å². The Labute approximate surface area is 182 Å². The van der Waals surface area contributed by atoms with E-state index in [1.165, 1.54) is 6.20 Å². The first-order valence-corrected chi connectivity index (χ1v) is 10.1. The van der Waals surface area contributed by atoms with Gasteiger partial charge < -0.3 is 9.88 Å². The molecule has 0 unspecified atom stereocenters. The SMILES string of the molecule is Cc1ncc(C(=O)N(CCc2c[nH]c3ccccc23)CC(F)(F)F)c(-c2ccccc2)n1. The molecule has 0 aliphatic rings. The second-order valence-electron chi connectivity index (χ2n) is 7.50. The fraction of sp³-hybridized carbons (Fsp3) is 0.208. The van der Waals surface area contributed by atoms with E-state index in [-0.39, 0.29) is 18.5 Å². The number of hydrogen-bond acceptors (Lipinski definition) is 3. The zero-order chi connectivity index (χ0) is 22.7. The van der Waals surface area contributed by atoms with Gasteiger partial charge in [-0.3, -0.25) is 4.79 Å². The van der Waals surface area contributed by atoms with Crippen molar-refractivity contribution in [3.8, 4) is 11.3 Å². The van der Waals surface area contributed by atoms with Crippen molar-refractivity contribution in [2.75, 3.05) is 13.1 Å².